The van der Waals surface area contributed by atoms with E-state index in [9.17, 15) is 19.2 Å². The van der Waals surface area contributed by atoms with Gasteiger partial charge in [0, 0.05) is 39.1 Å². The minimum Gasteiger partial charge on any atom is -0.368 e. The van der Waals surface area contributed by atoms with E-state index in [1.165, 1.54) is 0 Å². The third-order valence-electron chi connectivity index (χ3n) is 6.55. The maximum absolute atomic E-state index is 13.0. The molecular weight excluding hydrogens is 479 g/mol. The van der Waals surface area contributed by atoms with Crippen LogP contribution in [0.3, 0.4) is 0 Å². The van der Waals surface area contributed by atoms with Crippen LogP contribution in [0.5, 0.6) is 0 Å². The van der Waals surface area contributed by atoms with Crippen molar-refractivity contribution in [3.05, 3.63) is 63.1 Å². The quantitative estimate of drug-likeness (QED) is 0.649. The zero-order valence-electron chi connectivity index (χ0n) is 18.2. The Morgan fingerprint density at radius 1 is 0.912 bits per heavy atom. The summed E-state index contributed by atoms with van der Waals surface area (Å²) in [5.74, 6) is -1.98. The lowest BCUT2D eigenvalue weighted by molar-refractivity contribution is -0.136. The van der Waals surface area contributed by atoms with Crippen molar-refractivity contribution in [3.8, 4) is 0 Å². The summed E-state index contributed by atoms with van der Waals surface area (Å²) in [5, 5.41) is 3.30. The predicted octanol–water partition coefficient (Wildman–Crippen LogP) is 2.72. The summed E-state index contributed by atoms with van der Waals surface area (Å²) in [5.41, 5.74) is 2.43. The molecule has 3 heterocycles. The Morgan fingerprint density at radius 2 is 1.65 bits per heavy atom. The number of fused-ring (bicyclic) bond motifs is 1. The van der Waals surface area contributed by atoms with E-state index in [-0.39, 0.29) is 12.8 Å². The van der Waals surface area contributed by atoms with Crippen LogP contribution in [0.1, 0.15) is 39.1 Å². The average molecular weight is 501 g/mol. The van der Waals surface area contributed by atoms with Gasteiger partial charge in [-0.1, -0.05) is 35.3 Å². The number of carbonyl (C=O) groups is 4. The molecule has 3 aliphatic rings. The first-order valence-corrected chi connectivity index (χ1v) is 11.8. The molecular formula is C24H22Cl2N4O4. The number of halogens is 2. The molecule has 34 heavy (non-hydrogen) atoms. The van der Waals surface area contributed by atoms with E-state index in [2.05, 4.69) is 15.1 Å². The number of rotatable bonds is 4. The summed E-state index contributed by atoms with van der Waals surface area (Å²) in [6.45, 7) is 3.80. The van der Waals surface area contributed by atoms with Gasteiger partial charge in [-0.25, -0.2) is 0 Å². The first-order chi connectivity index (χ1) is 16.3. The summed E-state index contributed by atoms with van der Waals surface area (Å²) in [4.78, 5) is 55.0. The monoisotopic (exact) mass is 500 g/mol. The van der Waals surface area contributed by atoms with E-state index in [0.29, 0.717) is 27.7 Å². The van der Waals surface area contributed by atoms with Crippen molar-refractivity contribution < 1.29 is 19.2 Å². The van der Waals surface area contributed by atoms with Gasteiger partial charge < -0.3 is 4.90 Å². The van der Waals surface area contributed by atoms with Gasteiger partial charge in [0.15, 0.2) is 0 Å². The largest absolute Gasteiger partial charge is 0.368 e. The number of nitrogens with zero attached hydrogens (tertiary/aromatic N) is 3. The number of hydrogen-bond acceptors (Lipinski definition) is 6. The summed E-state index contributed by atoms with van der Waals surface area (Å²) in [6, 6.07) is 9.89. The number of piperidine rings is 1. The zero-order valence-corrected chi connectivity index (χ0v) is 19.7. The van der Waals surface area contributed by atoms with Crippen molar-refractivity contribution in [1.82, 2.24) is 15.1 Å². The van der Waals surface area contributed by atoms with E-state index >= 15 is 0 Å². The molecule has 1 atom stereocenters. The fourth-order valence-electron chi connectivity index (χ4n) is 4.76. The van der Waals surface area contributed by atoms with Gasteiger partial charge in [0.05, 0.1) is 26.9 Å². The van der Waals surface area contributed by atoms with Gasteiger partial charge in [0.2, 0.25) is 11.8 Å². The van der Waals surface area contributed by atoms with Crippen molar-refractivity contribution in [2.24, 2.45) is 0 Å². The fourth-order valence-corrected chi connectivity index (χ4v) is 5.17. The first-order valence-electron chi connectivity index (χ1n) is 11.1. The Hall–Kier alpha value is -2.94. The van der Waals surface area contributed by atoms with E-state index < -0.39 is 29.7 Å². The molecule has 1 unspecified atom stereocenters. The van der Waals surface area contributed by atoms with Gasteiger partial charge in [-0.05, 0) is 36.2 Å². The van der Waals surface area contributed by atoms with Crippen LogP contribution in [0.15, 0.2) is 36.4 Å². The van der Waals surface area contributed by atoms with Crippen molar-refractivity contribution >= 4 is 52.5 Å². The zero-order chi connectivity index (χ0) is 24.0. The number of anilines is 1. The van der Waals surface area contributed by atoms with Gasteiger partial charge in [-0.2, -0.15) is 0 Å². The standard InChI is InChI=1S/C24H22Cl2N4O4/c25-17-2-1-3-18(21(17)26)29-10-8-28(9-11-29)13-14-4-5-15-16(12-14)24(34)30(23(15)33)19-6-7-20(31)27-22(19)32/h1-5,12,19H,6-11,13H2,(H,27,31,32). The van der Waals surface area contributed by atoms with Crippen molar-refractivity contribution in [3.63, 3.8) is 0 Å². The molecule has 176 valence electrons. The molecule has 10 heteroatoms. The summed E-state index contributed by atoms with van der Waals surface area (Å²) < 4.78 is 0. The van der Waals surface area contributed by atoms with Crippen LogP contribution < -0.4 is 10.2 Å². The van der Waals surface area contributed by atoms with Crippen LogP contribution in [0, 0.1) is 0 Å². The highest BCUT2D eigenvalue weighted by Gasteiger charge is 2.44. The van der Waals surface area contributed by atoms with Crippen LogP contribution in [0.2, 0.25) is 10.0 Å². The molecule has 0 aromatic heterocycles. The van der Waals surface area contributed by atoms with Gasteiger partial charge >= 0.3 is 0 Å². The molecule has 4 amide bonds. The van der Waals surface area contributed by atoms with E-state index in [4.69, 9.17) is 23.2 Å². The molecule has 3 aliphatic heterocycles. The van der Waals surface area contributed by atoms with Crippen LogP contribution in [-0.2, 0) is 16.1 Å². The topological polar surface area (TPSA) is 90.0 Å². The molecule has 0 aliphatic carbocycles. The number of amides is 4. The fraction of sp³-hybridized carbons (Fsp3) is 0.333. The molecule has 0 saturated carbocycles. The number of carbonyl (C=O) groups excluding carboxylic acids is 4. The Balaban J connectivity index is 1.26. The highest BCUT2D eigenvalue weighted by atomic mass is 35.5. The lowest BCUT2D eigenvalue weighted by Crippen LogP contribution is -2.54. The Bertz CT molecular complexity index is 1210. The third kappa shape index (κ3) is 4.06. The molecule has 2 aromatic rings. The van der Waals surface area contributed by atoms with Crippen LogP contribution in [-0.4, -0.2) is 65.6 Å². The number of piperazine rings is 1. The molecule has 1 N–H and O–H groups in total. The predicted molar refractivity (Wildman–Crippen MR) is 127 cm³/mol. The van der Waals surface area contributed by atoms with E-state index in [0.717, 1.165) is 42.3 Å². The molecule has 0 bridgehead atoms. The number of nitrogens with one attached hydrogen (secondary N) is 1. The SMILES string of the molecule is O=C1CCC(N2C(=O)c3ccc(CN4CCN(c5cccc(Cl)c5Cl)CC4)cc3C2=O)C(=O)N1. The second-order valence-electron chi connectivity index (χ2n) is 8.66. The molecule has 8 nitrogen and oxygen atoms in total. The second-order valence-corrected chi connectivity index (χ2v) is 9.45. The number of benzene rings is 2. The molecule has 0 radical (unpaired) electrons. The van der Waals surface area contributed by atoms with Crippen molar-refractivity contribution in [1.29, 1.82) is 0 Å². The lowest BCUT2D eigenvalue weighted by Gasteiger charge is -2.36. The normalized spacial score (nSPS) is 21.2. The number of imide groups is 2. The third-order valence-corrected chi connectivity index (χ3v) is 7.36. The molecule has 2 saturated heterocycles. The lowest BCUT2D eigenvalue weighted by atomic mass is 10.0. The first kappa shape index (κ1) is 22.8. The van der Waals surface area contributed by atoms with Gasteiger partial charge in [0.1, 0.15) is 6.04 Å². The highest BCUT2D eigenvalue weighted by molar-refractivity contribution is 6.43. The Labute approximate surface area is 206 Å². The smallest absolute Gasteiger partial charge is 0.262 e. The Morgan fingerprint density at radius 3 is 2.38 bits per heavy atom. The van der Waals surface area contributed by atoms with Crippen LogP contribution in [0.25, 0.3) is 0 Å². The molecule has 2 fully saturated rings. The average Bonchev–Trinajstić information content (AvgIpc) is 3.06. The second kappa shape index (κ2) is 9.02. The molecule has 5 rings (SSSR count). The Kier molecular flexibility index (Phi) is 6.06. The van der Waals surface area contributed by atoms with Gasteiger partial charge in [-0.3, -0.25) is 34.3 Å². The van der Waals surface area contributed by atoms with Gasteiger partial charge in [-0.15, -0.1) is 0 Å². The maximum Gasteiger partial charge on any atom is 0.262 e. The summed E-state index contributed by atoms with van der Waals surface area (Å²) in [6.07, 6.45) is 0.241. The van der Waals surface area contributed by atoms with Crippen molar-refractivity contribution in [2.75, 3.05) is 31.1 Å². The minimum absolute atomic E-state index is 0.0986. The van der Waals surface area contributed by atoms with E-state index in [1.54, 1.807) is 18.2 Å². The molecule has 2 aromatic carbocycles. The maximum atomic E-state index is 13.0. The molecule has 0 spiro atoms. The summed E-state index contributed by atoms with van der Waals surface area (Å²) in [7, 11) is 0. The van der Waals surface area contributed by atoms with Crippen LogP contribution >= 0.6 is 23.2 Å². The summed E-state index contributed by atoms with van der Waals surface area (Å²) >= 11 is 12.5. The highest BCUT2D eigenvalue weighted by Crippen LogP contribution is 2.33. The van der Waals surface area contributed by atoms with E-state index in [1.807, 2.05) is 18.2 Å². The van der Waals surface area contributed by atoms with Crippen molar-refractivity contribution in [2.45, 2.75) is 25.4 Å². The number of hydrogen-bond donors (Lipinski definition) is 1. The minimum atomic E-state index is -0.958. The van der Waals surface area contributed by atoms with Crippen LogP contribution in [0.4, 0.5) is 5.69 Å². The van der Waals surface area contributed by atoms with Gasteiger partial charge in [0.25, 0.3) is 11.8 Å².